The summed E-state index contributed by atoms with van der Waals surface area (Å²) in [5.74, 6) is -2.38. The van der Waals surface area contributed by atoms with Gasteiger partial charge in [0.05, 0.1) is 13.2 Å². The molecule has 0 aliphatic carbocycles. The van der Waals surface area contributed by atoms with Crippen molar-refractivity contribution in [3.05, 3.63) is 12.2 Å². The third-order valence-electron chi connectivity index (χ3n) is 9.51. The van der Waals surface area contributed by atoms with Gasteiger partial charge in [0.1, 0.15) is 12.6 Å². The molecule has 0 heterocycles. The van der Waals surface area contributed by atoms with Crippen molar-refractivity contribution in [1.82, 2.24) is 0 Å². The number of carboxylic acids is 1. The predicted molar refractivity (Wildman–Crippen MR) is 217 cm³/mol. The molecular weight excluding hydrogens is 709 g/mol. The number of hydrogen-bond donors (Lipinski definition) is 3. The van der Waals surface area contributed by atoms with Gasteiger partial charge in [0.2, 0.25) is 0 Å². The lowest BCUT2D eigenvalue weighted by molar-refractivity contribution is -0.161. The fourth-order valence-corrected chi connectivity index (χ4v) is 6.84. The Morgan fingerprint density at radius 1 is 0.556 bits per heavy atom. The molecule has 0 aromatic carbocycles. The minimum absolute atomic E-state index is 0.165. The van der Waals surface area contributed by atoms with Crippen LogP contribution in [0.2, 0.25) is 0 Å². The number of aliphatic carboxylic acids is 1. The van der Waals surface area contributed by atoms with Crippen LogP contribution in [0, 0.1) is 0 Å². The molecule has 12 heteroatoms. The number of carbonyl (C=O) groups excluding carboxylic acids is 2. The maximum absolute atomic E-state index is 12.6. The highest BCUT2D eigenvalue weighted by atomic mass is 31.2. The standard InChI is InChI=1S/C42H80NO10P/c1-3-5-7-9-11-13-15-17-19-21-23-25-27-29-31-33-40(44)50-35-38(36-51-54(48,49)52-37-39(43)42(46)47)53-41(45)34-32-30-28-26-24-22-20-18-16-14-12-10-8-6-4-2/h17,19,38-39H,3-16,18,20-37,43H2,1-2H3,(H,46,47)(H,48,49)/b19-17-. The van der Waals surface area contributed by atoms with Gasteiger partial charge in [-0.2, -0.15) is 0 Å². The van der Waals surface area contributed by atoms with E-state index in [2.05, 4.69) is 30.5 Å². The number of esters is 2. The number of hydrogen-bond acceptors (Lipinski definition) is 9. The van der Waals surface area contributed by atoms with Crippen molar-refractivity contribution in [1.29, 1.82) is 0 Å². The van der Waals surface area contributed by atoms with Gasteiger partial charge in [0, 0.05) is 12.8 Å². The Bertz CT molecular complexity index is 979. The fraction of sp³-hybridized carbons (Fsp3) is 0.881. The van der Waals surface area contributed by atoms with E-state index < -0.39 is 51.1 Å². The monoisotopic (exact) mass is 790 g/mol. The summed E-state index contributed by atoms with van der Waals surface area (Å²) in [6.45, 7) is 2.81. The summed E-state index contributed by atoms with van der Waals surface area (Å²) in [4.78, 5) is 45.9. The Balaban J connectivity index is 4.35. The van der Waals surface area contributed by atoms with Crippen molar-refractivity contribution in [2.45, 2.75) is 219 Å². The minimum atomic E-state index is -4.71. The second kappa shape index (κ2) is 38.1. The van der Waals surface area contributed by atoms with Gasteiger partial charge in [-0.25, -0.2) is 4.57 Å². The number of allylic oxidation sites excluding steroid dienone is 2. The second-order valence-corrected chi connectivity index (χ2v) is 16.3. The molecule has 4 N–H and O–H groups in total. The van der Waals surface area contributed by atoms with Crippen LogP contribution in [0.15, 0.2) is 12.2 Å². The Morgan fingerprint density at radius 2 is 0.926 bits per heavy atom. The van der Waals surface area contributed by atoms with E-state index in [1.807, 2.05) is 0 Å². The number of carbonyl (C=O) groups is 3. The molecule has 0 rings (SSSR count). The molecule has 0 aliphatic heterocycles. The first kappa shape index (κ1) is 52.2. The molecule has 3 unspecified atom stereocenters. The summed E-state index contributed by atoms with van der Waals surface area (Å²) in [6.07, 6.45) is 37.0. The lowest BCUT2D eigenvalue weighted by atomic mass is 10.0. The van der Waals surface area contributed by atoms with Crippen LogP contribution >= 0.6 is 7.82 Å². The van der Waals surface area contributed by atoms with Gasteiger partial charge < -0.3 is 25.2 Å². The molecule has 0 aromatic rings. The molecule has 3 atom stereocenters. The topological polar surface area (TPSA) is 172 Å². The second-order valence-electron chi connectivity index (χ2n) is 14.8. The van der Waals surface area contributed by atoms with Crippen LogP contribution in [0.25, 0.3) is 0 Å². The van der Waals surface area contributed by atoms with Crippen LogP contribution in [0.5, 0.6) is 0 Å². The number of carboxylic acid groups (broad SMARTS) is 1. The van der Waals surface area contributed by atoms with Gasteiger partial charge in [-0.05, 0) is 38.5 Å². The molecule has 0 amide bonds. The minimum Gasteiger partial charge on any atom is -0.480 e. The van der Waals surface area contributed by atoms with E-state index in [0.29, 0.717) is 12.8 Å². The molecule has 11 nitrogen and oxygen atoms in total. The maximum atomic E-state index is 12.6. The molecule has 0 saturated heterocycles. The first-order valence-corrected chi connectivity index (χ1v) is 23.2. The quantitative estimate of drug-likeness (QED) is 0.0233. The first-order valence-electron chi connectivity index (χ1n) is 21.7. The Labute approximate surface area is 328 Å². The lowest BCUT2D eigenvalue weighted by Gasteiger charge is -2.20. The number of phosphoric ester groups is 1. The predicted octanol–water partition coefficient (Wildman–Crippen LogP) is 11.3. The summed E-state index contributed by atoms with van der Waals surface area (Å²) < 4.78 is 32.7. The zero-order valence-corrected chi connectivity index (χ0v) is 35.2. The number of unbranched alkanes of at least 4 members (excludes halogenated alkanes) is 25. The zero-order chi connectivity index (χ0) is 40.0. The van der Waals surface area contributed by atoms with E-state index in [4.69, 9.17) is 24.8 Å². The van der Waals surface area contributed by atoms with E-state index >= 15 is 0 Å². The third-order valence-corrected chi connectivity index (χ3v) is 10.5. The van der Waals surface area contributed by atoms with E-state index in [0.717, 1.165) is 57.8 Å². The average molecular weight is 790 g/mol. The molecule has 0 saturated carbocycles. The first-order chi connectivity index (χ1) is 26.1. The van der Waals surface area contributed by atoms with Gasteiger partial charge in [-0.1, -0.05) is 167 Å². The molecule has 0 aliphatic rings. The third kappa shape index (κ3) is 37.2. The maximum Gasteiger partial charge on any atom is 0.472 e. The van der Waals surface area contributed by atoms with E-state index in [1.165, 1.54) is 109 Å². The largest absolute Gasteiger partial charge is 0.480 e. The summed E-state index contributed by atoms with van der Waals surface area (Å²) in [7, 11) is -4.71. The average Bonchev–Trinajstić information content (AvgIpc) is 3.14. The smallest absolute Gasteiger partial charge is 0.472 e. The van der Waals surface area contributed by atoms with Crippen LogP contribution in [0.3, 0.4) is 0 Å². The van der Waals surface area contributed by atoms with Crippen LogP contribution in [0.1, 0.15) is 206 Å². The molecule has 0 fully saturated rings. The number of ether oxygens (including phenoxy) is 2. The summed E-state index contributed by atoms with van der Waals surface area (Å²) >= 11 is 0. The van der Waals surface area contributed by atoms with Gasteiger partial charge in [-0.3, -0.25) is 23.4 Å². The van der Waals surface area contributed by atoms with E-state index in [1.54, 1.807) is 0 Å². The van der Waals surface area contributed by atoms with Crippen molar-refractivity contribution in [3.8, 4) is 0 Å². The summed E-state index contributed by atoms with van der Waals surface area (Å²) in [6, 6.07) is -1.52. The Kier molecular flexibility index (Phi) is 36.9. The van der Waals surface area contributed by atoms with Crippen LogP contribution < -0.4 is 5.73 Å². The molecule has 0 bridgehead atoms. The molecule has 54 heavy (non-hydrogen) atoms. The summed E-state index contributed by atoms with van der Waals surface area (Å²) in [5.41, 5.74) is 5.33. The highest BCUT2D eigenvalue weighted by Crippen LogP contribution is 2.43. The fourth-order valence-electron chi connectivity index (χ4n) is 6.06. The van der Waals surface area contributed by atoms with Gasteiger partial charge >= 0.3 is 25.7 Å². The molecule has 318 valence electrons. The molecular formula is C42H80NO10P. The number of rotatable bonds is 41. The highest BCUT2D eigenvalue weighted by molar-refractivity contribution is 7.47. The Morgan fingerprint density at radius 3 is 1.35 bits per heavy atom. The zero-order valence-electron chi connectivity index (χ0n) is 34.3. The van der Waals surface area contributed by atoms with Gasteiger partial charge in [0.15, 0.2) is 6.10 Å². The number of phosphoric acid groups is 1. The lowest BCUT2D eigenvalue weighted by Crippen LogP contribution is -2.34. The van der Waals surface area contributed by atoms with Crippen molar-refractivity contribution >= 4 is 25.7 Å². The SMILES string of the molecule is CCCCCCCC/C=C\CCCCCCCC(=O)OCC(COP(=O)(O)OCC(N)C(=O)O)OC(=O)CCCCCCCCCCCCCCCCC. The Hall–Kier alpha value is -1.78. The van der Waals surface area contributed by atoms with Crippen molar-refractivity contribution < 1.29 is 47.5 Å². The van der Waals surface area contributed by atoms with Crippen LogP contribution in [-0.4, -0.2) is 59.9 Å². The molecule has 0 aromatic heterocycles. The van der Waals surface area contributed by atoms with Gasteiger partial charge in [-0.15, -0.1) is 0 Å². The van der Waals surface area contributed by atoms with Crippen molar-refractivity contribution in [2.24, 2.45) is 5.73 Å². The van der Waals surface area contributed by atoms with Crippen LogP contribution in [-0.2, 0) is 37.5 Å². The van der Waals surface area contributed by atoms with Gasteiger partial charge in [0.25, 0.3) is 0 Å². The number of nitrogens with two attached hydrogens (primary N) is 1. The normalized spacial score (nSPS) is 13.9. The van der Waals surface area contributed by atoms with Crippen LogP contribution in [0.4, 0.5) is 0 Å². The molecule has 0 radical (unpaired) electrons. The van der Waals surface area contributed by atoms with Crippen molar-refractivity contribution in [2.75, 3.05) is 19.8 Å². The highest BCUT2D eigenvalue weighted by Gasteiger charge is 2.28. The molecule has 0 spiro atoms. The van der Waals surface area contributed by atoms with Crippen molar-refractivity contribution in [3.63, 3.8) is 0 Å². The van der Waals surface area contributed by atoms with E-state index in [-0.39, 0.29) is 19.4 Å². The summed E-state index contributed by atoms with van der Waals surface area (Å²) in [5, 5.41) is 8.88. The van der Waals surface area contributed by atoms with E-state index in [9.17, 15) is 23.8 Å².